The molecule has 0 fully saturated rings. The molecule has 0 heterocycles. The molecule has 8 heteroatoms. The van der Waals surface area contributed by atoms with Crippen molar-refractivity contribution in [3.05, 3.63) is 29.1 Å². The van der Waals surface area contributed by atoms with E-state index in [4.69, 9.17) is 0 Å². The minimum atomic E-state index is -5.30. The first-order valence-corrected chi connectivity index (χ1v) is 3.50. The van der Waals surface area contributed by atoms with Gasteiger partial charge in [0.2, 0.25) is 0 Å². The van der Waals surface area contributed by atoms with Crippen LogP contribution >= 0.6 is 0 Å². The molecule has 1 rings (SSSR count). The summed E-state index contributed by atoms with van der Waals surface area (Å²) in [6.07, 6.45) is -5.30. The van der Waals surface area contributed by atoms with E-state index < -0.39 is 34.9 Å². The zero-order valence-electron chi connectivity index (χ0n) is 6.92. The van der Waals surface area contributed by atoms with Crippen LogP contribution in [0.25, 0.3) is 0 Å². The van der Waals surface area contributed by atoms with E-state index in [0.717, 1.165) is 0 Å². The number of alkyl halides is 3. The summed E-state index contributed by atoms with van der Waals surface area (Å²) in [5.74, 6) is -1.50. The van der Waals surface area contributed by atoms with E-state index >= 15 is 0 Å². The van der Waals surface area contributed by atoms with E-state index in [1.54, 1.807) is 0 Å². The third-order valence-electron chi connectivity index (χ3n) is 1.60. The average Bonchev–Trinajstić information content (AvgIpc) is 2.09. The van der Waals surface area contributed by atoms with E-state index in [-0.39, 0.29) is 6.07 Å². The van der Waals surface area contributed by atoms with Crippen molar-refractivity contribution >= 4 is 5.69 Å². The predicted molar refractivity (Wildman–Crippen MR) is 39.1 cm³/mol. The lowest BCUT2D eigenvalue weighted by molar-refractivity contribution is -0.142. The lowest BCUT2D eigenvalue weighted by Gasteiger charge is -2.11. The summed E-state index contributed by atoms with van der Waals surface area (Å²) in [4.78, 5) is 0. The molecule has 0 aromatic heterocycles. The Morgan fingerprint density at radius 2 is 1.60 bits per heavy atom. The predicted octanol–water partition coefficient (Wildman–Crippen LogP) is 2.41. The van der Waals surface area contributed by atoms with Crippen molar-refractivity contribution in [2.24, 2.45) is 5.84 Å². The van der Waals surface area contributed by atoms with Gasteiger partial charge in [0, 0.05) is 6.07 Å². The van der Waals surface area contributed by atoms with Crippen LogP contribution in [-0.4, -0.2) is 0 Å². The number of nitrogens with one attached hydrogen (secondary N) is 1. The van der Waals surface area contributed by atoms with Gasteiger partial charge in [0.15, 0.2) is 11.6 Å². The molecule has 2 nitrogen and oxygen atoms in total. The first-order valence-electron chi connectivity index (χ1n) is 3.50. The number of halogens is 6. The van der Waals surface area contributed by atoms with Gasteiger partial charge in [0.05, 0.1) is 5.69 Å². The largest absolute Gasteiger partial charge is 0.422 e. The van der Waals surface area contributed by atoms with E-state index in [1.807, 2.05) is 0 Å². The number of hydrogen-bond acceptors (Lipinski definition) is 2. The fourth-order valence-corrected chi connectivity index (χ4v) is 0.960. The van der Waals surface area contributed by atoms with Crippen molar-refractivity contribution in [3.8, 4) is 0 Å². The molecular weight excluding hydrogens is 226 g/mol. The number of nitrogen functional groups attached to an aromatic ring is 1. The van der Waals surface area contributed by atoms with Gasteiger partial charge >= 0.3 is 6.18 Å². The molecule has 0 aliphatic rings. The second kappa shape index (κ2) is 3.61. The van der Waals surface area contributed by atoms with Crippen LogP contribution in [0.3, 0.4) is 0 Å². The molecule has 1 aromatic rings. The number of hydrazine groups is 1. The molecule has 0 atom stereocenters. The zero-order valence-corrected chi connectivity index (χ0v) is 6.92. The fourth-order valence-electron chi connectivity index (χ4n) is 0.960. The molecule has 0 bridgehead atoms. The van der Waals surface area contributed by atoms with Gasteiger partial charge in [-0.2, -0.15) is 13.2 Å². The Hall–Kier alpha value is -1.44. The molecule has 0 spiro atoms. The number of hydrogen-bond donors (Lipinski definition) is 2. The lowest BCUT2D eigenvalue weighted by Crippen LogP contribution is -2.16. The highest BCUT2D eigenvalue weighted by atomic mass is 19.4. The standard InChI is InChI=1S/C7H4F6N2/c8-2-1-3(15-14)5(9)6(10)4(2)7(11,12)13/h1,15H,14H2. The minimum absolute atomic E-state index is 0.126. The van der Waals surface area contributed by atoms with Crippen molar-refractivity contribution in [1.82, 2.24) is 0 Å². The molecule has 84 valence electrons. The number of anilines is 1. The molecule has 0 aliphatic heterocycles. The fraction of sp³-hybridized carbons (Fsp3) is 0.143. The molecule has 0 aliphatic carbocycles. The Kier molecular flexibility index (Phi) is 2.80. The first kappa shape index (κ1) is 11.6. The molecule has 3 N–H and O–H groups in total. The van der Waals surface area contributed by atoms with Crippen molar-refractivity contribution in [1.29, 1.82) is 0 Å². The highest BCUT2D eigenvalue weighted by Gasteiger charge is 2.39. The number of benzene rings is 1. The van der Waals surface area contributed by atoms with E-state index in [2.05, 4.69) is 5.84 Å². The maximum absolute atomic E-state index is 12.8. The Balaban J connectivity index is 3.50. The topological polar surface area (TPSA) is 38.0 Å². The van der Waals surface area contributed by atoms with Gasteiger partial charge in [-0.05, 0) is 0 Å². The molecule has 0 radical (unpaired) electrons. The van der Waals surface area contributed by atoms with Gasteiger partial charge in [-0.3, -0.25) is 5.84 Å². The van der Waals surface area contributed by atoms with Crippen LogP contribution in [0, 0.1) is 17.5 Å². The van der Waals surface area contributed by atoms with Gasteiger partial charge < -0.3 is 5.43 Å². The van der Waals surface area contributed by atoms with Gasteiger partial charge in [-0.1, -0.05) is 0 Å². The van der Waals surface area contributed by atoms with Crippen molar-refractivity contribution in [2.75, 3.05) is 5.43 Å². The van der Waals surface area contributed by atoms with Gasteiger partial charge in [0.1, 0.15) is 11.4 Å². The number of rotatable bonds is 1. The third-order valence-corrected chi connectivity index (χ3v) is 1.60. The van der Waals surface area contributed by atoms with Crippen molar-refractivity contribution < 1.29 is 26.3 Å². The van der Waals surface area contributed by atoms with E-state index in [1.165, 1.54) is 5.43 Å². The van der Waals surface area contributed by atoms with Gasteiger partial charge in [0.25, 0.3) is 0 Å². The van der Waals surface area contributed by atoms with Crippen LogP contribution in [0.4, 0.5) is 32.0 Å². The molecule has 0 unspecified atom stereocenters. The molecule has 0 saturated carbocycles. The maximum atomic E-state index is 12.8. The highest BCUT2D eigenvalue weighted by Crippen LogP contribution is 2.36. The first-order chi connectivity index (χ1) is 6.79. The lowest BCUT2D eigenvalue weighted by atomic mass is 10.1. The number of nitrogens with two attached hydrogens (primary N) is 1. The SMILES string of the molecule is NNc1cc(F)c(C(F)(F)F)c(F)c1F. The summed E-state index contributed by atoms with van der Waals surface area (Å²) in [6.45, 7) is 0. The maximum Gasteiger partial charge on any atom is 0.422 e. The summed E-state index contributed by atoms with van der Waals surface area (Å²) < 4.78 is 74.4. The highest BCUT2D eigenvalue weighted by molar-refractivity contribution is 5.47. The van der Waals surface area contributed by atoms with Crippen LogP contribution < -0.4 is 11.3 Å². The van der Waals surface area contributed by atoms with Gasteiger partial charge in [-0.25, -0.2) is 13.2 Å². The third kappa shape index (κ3) is 1.99. The van der Waals surface area contributed by atoms with Crippen LogP contribution in [0.5, 0.6) is 0 Å². The van der Waals surface area contributed by atoms with Crippen molar-refractivity contribution in [3.63, 3.8) is 0 Å². The summed E-state index contributed by atoms with van der Waals surface area (Å²) in [5, 5.41) is 0. The Bertz CT molecular complexity index is 386. The summed E-state index contributed by atoms with van der Waals surface area (Å²) in [6, 6.07) is 0.126. The second-order valence-corrected chi connectivity index (χ2v) is 2.55. The Labute approximate surface area is 79.6 Å². The summed E-state index contributed by atoms with van der Waals surface area (Å²) in [7, 11) is 0. The molecular formula is C7H4F6N2. The second-order valence-electron chi connectivity index (χ2n) is 2.55. The molecule has 0 saturated heterocycles. The Morgan fingerprint density at radius 3 is 2.00 bits per heavy atom. The average molecular weight is 230 g/mol. The van der Waals surface area contributed by atoms with Crippen molar-refractivity contribution in [2.45, 2.75) is 6.18 Å². The van der Waals surface area contributed by atoms with Gasteiger partial charge in [-0.15, -0.1) is 0 Å². The minimum Gasteiger partial charge on any atom is -0.321 e. The summed E-state index contributed by atoms with van der Waals surface area (Å²) in [5.41, 5.74) is -1.64. The van der Waals surface area contributed by atoms with E-state index in [0.29, 0.717) is 0 Å². The monoisotopic (exact) mass is 230 g/mol. The summed E-state index contributed by atoms with van der Waals surface area (Å²) >= 11 is 0. The van der Waals surface area contributed by atoms with Crippen LogP contribution in [-0.2, 0) is 6.18 Å². The quantitative estimate of drug-likeness (QED) is 0.336. The Morgan fingerprint density at radius 1 is 1.07 bits per heavy atom. The van der Waals surface area contributed by atoms with Crippen LogP contribution in [0.1, 0.15) is 5.56 Å². The van der Waals surface area contributed by atoms with E-state index in [9.17, 15) is 26.3 Å². The normalized spacial score (nSPS) is 11.7. The molecule has 1 aromatic carbocycles. The molecule has 15 heavy (non-hydrogen) atoms. The molecule has 0 amide bonds. The smallest absolute Gasteiger partial charge is 0.321 e. The van der Waals surface area contributed by atoms with Crippen LogP contribution in [0.2, 0.25) is 0 Å². The zero-order chi connectivity index (χ0) is 11.8. The van der Waals surface area contributed by atoms with Crippen LogP contribution in [0.15, 0.2) is 6.07 Å².